The molecule has 0 saturated heterocycles. The lowest BCUT2D eigenvalue weighted by atomic mass is 10.1. The van der Waals surface area contributed by atoms with E-state index in [4.69, 9.17) is 11.6 Å². The SMILES string of the molecule is Cc1cccc(C(=O)Nc2cnc(Cl)c(C)c2)c1. The van der Waals surface area contributed by atoms with Gasteiger partial charge in [0.05, 0.1) is 11.9 Å². The molecule has 0 radical (unpaired) electrons. The largest absolute Gasteiger partial charge is 0.321 e. The maximum absolute atomic E-state index is 12.0. The minimum absolute atomic E-state index is 0.151. The summed E-state index contributed by atoms with van der Waals surface area (Å²) in [6.07, 6.45) is 1.54. The first-order valence-corrected chi connectivity index (χ1v) is 5.94. The molecule has 2 rings (SSSR count). The molecule has 0 spiro atoms. The normalized spacial score (nSPS) is 10.2. The molecule has 0 atom stereocenters. The van der Waals surface area contributed by atoms with Crippen molar-refractivity contribution in [1.29, 1.82) is 0 Å². The van der Waals surface area contributed by atoms with Gasteiger partial charge in [0.2, 0.25) is 0 Å². The molecule has 0 aliphatic carbocycles. The molecule has 0 saturated carbocycles. The van der Waals surface area contributed by atoms with E-state index in [1.807, 2.05) is 32.0 Å². The van der Waals surface area contributed by atoms with Gasteiger partial charge in [-0.15, -0.1) is 0 Å². The number of hydrogen-bond donors (Lipinski definition) is 1. The van der Waals surface area contributed by atoms with Crippen molar-refractivity contribution in [2.24, 2.45) is 0 Å². The van der Waals surface area contributed by atoms with Crippen molar-refractivity contribution >= 4 is 23.2 Å². The second kappa shape index (κ2) is 5.19. The van der Waals surface area contributed by atoms with Crippen molar-refractivity contribution in [2.75, 3.05) is 5.32 Å². The molecule has 1 aromatic heterocycles. The third kappa shape index (κ3) is 2.87. The molecule has 1 aromatic carbocycles. The summed E-state index contributed by atoms with van der Waals surface area (Å²) in [5.74, 6) is -0.151. The number of benzene rings is 1. The number of nitrogens with one attached hydrogen (secondary N) is 1. The highest BCUT2D eigenvalue weighted by Gasteiger charge is 2.07. The monoisotopic (exact) mass is 260 g/mol. The van der Waals surface area contributed by atoms with Gasteiger partial charge in [-0.25, -0.2) is 4.98 Å². The van der Waals surface area contributed by atoms with Crippen LogP contribution in [-0.4, -0.2) is 10.9 Å². The molecule has 0 unspecified atom stereocenters. The van der Waals surface area contributed by atoms with Gasteiger partial charge < -0.3 is 5.32 Å². The van der Waals surface area contributed by atoms with Crippen molar-refractivity contribution in [2.45, 2.75) is 13.8 Å². The first-order chi connectivity index (χ1) is 8.56. The molecule has 92 valence electrons. The van der Waals surface area contributed by atoms with E-state index in [1.165, 1.54) is 0 Å². The number of halogens is 1. The van der Waals surface area contributed by atoms with Gasteiger partial charge in [0.15, 0.2) is 0 Å². The van der Waals surface area contributed by atoms with Crippen molar-refractivity contribution in [3.8, 4) is 0 Å². The molecular formula is C14H13ClN2O. The lowest BCUT2D eigenvalue weighted by molar-refractivity contribution is 0.102. The van der Waals surface area contributed by atoms with E-state index in [0.29, 0.717) is 16.4 Å². The number of nitrogens with zero attached hydrogens (tertiary/aromatic N) is 1. The predicted octanol–water partition coefficient (Wildman–Crippen LogP) is 3.60. The molecule has 0 fully saturated rings. The Morgan fingerprint density at radius 1 is 1.28 bits per heavy atom. The maximum Gasteiger partial charge on any atom is 0.255 e. The molecule has 0 aliphatic heterocycles. The van der Waals surface area contributed by atoms with E-state index in [1.54, 1.807) is 18.3 Å². The van der Waals surface area contributed by atoms with Crippen LogP contribution in [0.3, 0.4) is 0 Å². The lowest BCUT2D eigenvalue weighted by Gasteiger charge is -2.06. The zero-order chi connectivity index (χ0) is 13.1. The molecule has 3 nitrogen and oxygen atoms in total. The molecule has 1 N–H and O–H groups in total. The van der Waals surface area contributed by atoms with E-state index < -0.39 is 0 Å². The Hall–Kier alpha value is -1.87. The van der Waals surface area contributed by atoms with Crippen molar-refractivity contribution in [3.05, 3.63) is 58.4 Å². The van der Waals surface area contributed by atoms with Crippen LogP contribution in [0, 0.1) is 13.8 Å². The highest BCUT2D eigenvalue weighted by molar-refractivity contribution is 6.30. The zero-order valence-electron chi connectivity index (χ0n) is 10.2. The van der Waals surface area contributed by atoms with Gasteiger partial charge >= 0.3 is 0 Å². The van der Waals surface area contributed by atoms with Crippen LogP contribution >= 0.6 is 11.6 Å². The summed E-state index contributed by atoms with van der Waals surface area (Å²) < 4.78 is 0. The van der Waals surface area contributed by atoms with Crippen molar-refractivity contribution < 1.29 is 4.79 Å². The second-order valence-corrected chi connectivity index (χ2v) is 4.51. The van der Waals surface area contributed by atoms with Crippen LogP contribution in [0.1, 0.15) is 21.5 Å². The van der Waals surface area contributed by atoms with Gasteiger partial charge in [-0.2, -0.15) is 0 Å². The predicted molar refractivity (Wildman–Crippen MR) is 73.1 cm³/mol. The number of anilines is 1. The summed E-state index contributed by atoms with van der Waals surface area (Å²) in [7, 11) is 0. The Morgan fingerprint density at radius 2 is 2.06 bits per heavy atom. The fraction of sp³-hybridized carbons (Fsp3) is 0.143. The fourth-order valence-electron chi connectivity index (χ4n) is 1.62. The number of aryl methyl sites for hydroxylation is 2. The smallest absolute Gasteiger partial charge is 0.255 e. The number of hydrogen-bond acceptors (Lipinski definition) is 2. The summed E-state index contributed by atoms with van der Waals surface area (Å²) in [4.78, 5) is 16.0. The number of aromatic nitrogens is 1. The van der Waals surface area contributed by atoms with E-state index in [-0.39, 0.29) is 5.91 Å². The third-order valence-corrected chi connectivity index (χ3v) is 2.95. The summed E-state index contributed by atoms with van der Waals surface area (Å²) in [5, 5.41) is 3.24. The van der Waals surface area contributed by atoms with Crippen LogP contribution in [0.5, 0.6) is 0 Å². The van der Waals surface area contributed by atoms with E-state index in [0.717, 1.165) is 11.1 Å². The van der Waals surface area contributed by atoms with E-state index in [2.05, 4.69) is 10.3 Å². The van der Waals surface area contributed by atoms with Gasteiger partial charge in [0, 0.05) is 5.56 Å². The molecule has 0 aliphatic rings. The van der Waals surface area contributed by atoms with E-state index in [9.17, 15) is 4.79 Å². The van der Waals surface area contributed by atoms with Gasteiger partial charge in [-0.1, -0.05) is 29.3 Å². The Kier molecular flexibility index (Phi) is 3.63. The molecule has 1 amide bonds. The van der Waals surface area contributed by atoms with Crippen LogP contribution in [0.2, 0.25) is 5.15 Å². The van der Waals surface area contributed by atoms with Gasteiger partial charge in [-0.05, 0) is 37.6 Å². The Morgan fingerprint density at radius 3 is 2.72 bits per heavy atom. The fourth-order valence-corrected chi connectivity index (χ4v) is 1.72. The third-order valence-electron chi connectivity index (χ3n) is 2.55. The quantitative estimate of drug-likeness (QED) is 0.839. The van der Waals surface area contributed by atoms with Crippen LogP contribution in [-0.2, 0) is 0 Å². The second-order valence-electron chi connectivity index (χ2n) is 4.16. The first kappa shape index (κ1) is 12.6. The number of pyridine rings is 1. The van der Waals surface area contributed by atoms with Crippen molar-refractivity contribution in [3.63, 3.8) is 0 Å². The van der Waals surface area contributed by atoms with Gasteiger partial charge in [0.1, 0.15) is 5.15 Å². The van der Waals surface area contributed by atoms with Crippen LogP contribution in [0.15, 0.2) is 36.5 Å². The van der Waals surface area contributed by atoms with Gasteiger partial charge in [0.25, 0.3) is 5.91 Å². The average Bonchev–Trinajstić information content (AvgIpc) is 2.34. The molecule has 0 bridgehead atoms. The summed E-state index contributed by atoms with van der Waals surface area (Å²) in [6, 6.07) is 9.22. The number of rotatable bonds is 2. The minimum atomic E-state index is -0.151. The first-order valence-electron chi connectivity index (χ1n) is 5.56. The number of carbonyl (C=O) groups is 1. The molecular weight excluding hydrogens is 248 g/mol. The van der Waals surface area contributed by atoms with Crippen LogP contribution in [0.4, 0.5) is 5.69 Å². The summed E-state index contributed by atoms with van der Waals surface area (Å²) in [5.41, 5.74) is 3.15. The standard InChI is InChI=1S/C14H13ClN2O/c1-9-4-3-5-11(6-9)14(18)17-12-7-10(2)13(15)16-8-12/h3-8H,1-2H3,(H,17,18). The number of amides is 1. The molecule has 18 heavy (non-hydrogen) atoms. The summed E-state index contributed by atoms with van der Waals surface area (Å²) in [6.45, 7) is 3.79. The maximum atomic E-state index is 12.0. The lowest BCUT2D eigenvalue weighted by Crippen LogP contribution is -2.12. The minimum Gasteiger partial charge on any atom is -0.321 e. The summed E-state index contributed by atoms with van der Waals surface area (Å²) >= 11 is 5.83. The molecule has 4 heteroatoms. The zero-order valence-corrected chi connectivity index (χ0v) is 11.0. The van der Waals surface area contributed by atoms with Crippen molar-refractivity contribution in [1.82, 2.24) is 4.98 Å². The highest BCUT2D eigenvalue weighted by Crippen LogP contribution is 2.17. The molecule has 1 heterocycles. The Bertz CT molecular complexity index is 596. The van der Waals surface area contributed by atoms with Crippen LogP contribution in [0.25, 0.3) is 0 Å². The average molecular weight is 261 g/mol. The number of carbonyl (C=O) groups excluding carboxylic acids is 1. The molecule has 2 aromatic rings. The topological polar surface area (TPSA) is 42.0 Å². The Balaban J connectivity index is 2.18. The van der Waals surface area contributed by atoms with Crippen LogP contribution < -0.4 is 5.32 Å². The van der Waals surface area contributed by atoms with E-state index >= 15 is 0 Å². The Labute approximate surface area is 111 Å². The highest BCUT2D eigenvalue weighted by atomic mass is 35.5. The van der Waals surface area contributed by atoms with Gasteiger partial charge in [-0.3, -0.25) is 4.79 Å².